The van der Waals surface area contributed by atoms with Crippen molar-refractivity contribution in [3.8, 4) is 0 Å². The number of nitrogens with one attached hydrogen (secondary N) is 1. The first kappa shape index (κ1) is 13.1. The van der Waals surface area contributed by atoms with Crippen LogP contribution in [-0.2, 0) is 13.5 Å². The monoisotopic (exact) mass is 260 g/mol. The third-order valence-corrected chi connectivity index (χ3v) is 3.11. The third kappa shape index (κ3) is 2.59. The van der Waals surface area contributed by atoms with Crippen LogP contribution in [-0.4, -0.2) is 10.6 Å². The second-order valence-corrected chi connectivity index (χ2v) is 4.34. The lowest BCUT2D eigenvalue weighted by Crippen LogP contribution is -2.19. The van der Waals surface area contributed by atoms with Crippen LogP contribution in [0.25, 0.3) is 0 Å². The number of amides is 1. The van der Waals surface area contributed by atoms with E-state index in [1.165, 1.54) is 10.3 Å². The minimum absolute atomic E-state index is 0.0436. The predicted octanol–water partition coefficient (Wildman–Crippen LogP) is 2.10. The molecule has 100 valence electrons. The number of hydrogen-bond donors (Lipinski definition) is 1. The van der Waals surface area contributed by atoms with Crippen LogP contribution in [0.4, 0.5) is 5.69 Å². The molecule has 0 radical (unpaired) electrons. The van der Waals surface area contributed by atoms with Gasteiger partial charge in [0.05, 0.1) is 5.69 Å². The Kier molecular flexibility index (Phi) is 3.55. The summed E-state index contributed by atoms with van der Waals surface area (Å²) in [7, 11) is 1.59. The van der Waals surface area contributed by atoms with Crippen molar-refractivity contribution in [1.82, 2.24) is 4.74 Å². The summed E-state index contributed by atoms with van der Waals surface area (Å²) in [5.41, 5.74) is 1.77. The zero-order valence-electron chi connectivity index (χ0n) is 11.2. The summed E-state index contributed by atoms with van der Waals surface area (Å²) < 4.78 is 6.13. The molecule has 1 heterocycles. The average Bonchev–Trinajstić information content (AvgIpc) is 2.64. The van der Waals surface area contributed by atoms with Gasteiger partial charge in [-0.05, 0) is 31.0 Å². The molecule has 0 saturated heterocycles. The van der Waals surface area contributed by atoms with Gasteiger partial charge in [-0.2, -0.15) is 0 Å². The van der Waals surface area contributed by atoms with Crippen LogP contribution in [0.1, 0.15) is 28.5 Å². The van der Waals surface area contributed by atoms with E-state index in [9.17, 15) is 9.59 Å². The van der Waals surface area contributed by atoms with Gasteiger partial charge in [-0.25, -0.2) is 9.53 Å². The Labute approximate surface area is 110 Å². The van der Waals surface area contributed by atoms with Gasteiger partial charge in [0.25, 0.3) is 5.91 Å². The van der Waals surface area contributed by atoms with E-state index in [2.05, 4.69) is 12.2 Å². The largest absolute Gasteiger partial charge is 0.370 e. The van der Waals surface area contributed by atoms with E-state index in [1.54, 1.807) is 14.0 Å². The Morgan fingerprint density at radius 1 is 1.32 bits per heavy atom. The molecule has 19 heavy (non-hydrogen) atoms. The summed E-state index contributed by atoms with van der Waals surface area (Å²) in [6, 6.07) is 7.51. The lowest BCUT2D eigenvalue weighted by molar-refractivity contribution is 0.102. The number of aryl methyl sites for hydroxylation is 2. The van der Waals surface area contributed by atoms with Gasteiger partial charge in [0.15, 0.2) is 0 Å². The Morgan fingerprint density at radius 3 is 2.42 bits per heavy atom. The minimum Gasteiger partial charge on any atom is -0.336 e. The summed E-state index contributed by atoms with van der Waals surface area (Å²) in [5, 5.41) is 2.69. The number of carbonyl (C=O) groups excluding carboxylic acids is 1. The third-order valence-electron chi connectivity index (χ3n) is 3.11. The molecule has 0 unspecified atom stereocenters. The number of rotatable bonds is 3. The standard InChI is InChI=1S/C14H16N2O3/c1-4-10-5-7-11(8-6-10)15-13(17)12-9(2)16(3)19-14(12)18/h5-8H,4H2,1-3H3,(H,15,17). The first-order chi connectivity index (χ1) is 9.02. The number of carbonyl (C=O) groups is 1. The van der Waals surface area contributed by atoms with E-state index >= 15 is 0 Å². The number of hydrogen-bond acceptors (Lipinski definition) is 3. The maximum Gasteiger partial charge on any atom is 0.370 e. The van der Waals surface area contributed by atoms with Gasteiger partial charge in [0, 0.05) is 12.7 Å². The number of benzene rings is 1. The highest BCUT2D eigenvalue weighted by atomic mass is 16.5. The highest BCUT2D eigenvalue weighted by Gasteiger charge is 2.19. The molecule has 2 aromatic rings. The summed E-state index contributed by atoms with van der Waals surface area (Å²) >= 11 is 0. The van der Waals surface area contributed by atoms with Crippen LogP contribution in [0.5, 0.6) is 0 Å². The van der Waals surface area contributed by atoms with Crippen molar-refractivity contribution < 1.29 is 9.32 Å². The molecule has 1 aromatic carbocycles. The molecular formula is C14H16N2O3. The van der Waals surface area contributed by atoms with Crippen molar-refractivity contribution in [2.75, 3.05) is 5.32 Å². The maximum atomic E-state index is 12.0. The van der Waals surface area contributed by atoms with Gasteiger partial charge in [-0.15, -0.1) is 0 Å². The van der Waals surface area contributed by atoms with Crippen molar-refractivity contribution in [2.24, 2.45) is 7.05 Å². The molecule has 1 aromatic heterocycles. The summed E-state index contributed by atoms with van der Waals surface area (Å²) in [5.74, 6) is -0.448. The molecule has 1 N–H and O–H groups in total. The van der Waals surface area contributed by atoms with Crippen molar-refractivity contribution >= 4 is 11.6 Å². The molecule has 0 aliphatic carbocycles. The highest BCUT2D eigenvalue weighted by molar-refractivity contribution is 6.04. The van der Waals surface area contributed by atoms with E-state index in [0.29, 0.717) is 11.4 Å². The normalized spacial score (nSPS) is 10.5. The molecule has 0 spiro atoms. The van der Waals surface area contributed by atoms with Crippen molar-refractivity contribution in [1.29, 1.82) is 0 Å². The smallest absolute Gasteiger partial charge is 0.336 e. The van der Waals surface area contributed by atoms with Crippen molar-refractivity contribution in [2.45, 2.75) is 20.3 Å². The van der Waals surface area contributed by atoms with Crippen LogP contribution in [0.3, 0.4) is 0 Å². The summed E-state index contributed by atoms with van der Waals surface area (Å²) in [6.45, 7) is 3.73. The lowest BCUT2D eigenvalue weighted by atomic mass is 10.1. The minimum atomic E-state index is -0.623. The number of nitrogens with zero attached hydrogens (tertiary/aromatic N) is 1. The second kappa shape index (κ2) is 5.14. The first-order valence-electron chi connectivity index (χ1n) is 6.10. The fourth-order valence-corrected chi connectivity index (χ4v) is 1.82. The van der Waals surface area contributed by atoms with E-state index < -0.39 is 11.5 Å². The van der Waals surface area contributed by atoms with Gasteiger partial charge in [-0.1, -0.05) is 19.1 Å². The predicted molar refractivity (Wildman–Crippen MR) is 72.5 cm³/mol. The summed E-state index contributed by atoms with van der Waals surface area (Å²) in [6.07, 6.45) is 0.940. The van der Waals surface area contributed by atoms with Crippen LogP contribution in [0.2, 0.25) is 0 Å². The van der Waals surface area contributed by atoms with Crippen molar-refractivity contribution in [3.63, 3.8) is 0 Å². The molecule has 5 heteroatoms. The zero-order chi connectivity index (χ0) is 14.0. The van der Waals surface area contributed by atoms with Gasteiger partial charge in [-0.3, -0.25) is 4.79 Å². The van der Waals surface area contributed by atoms with E-state index in [0.717, 1.165) is 6.42 Å². The molecule has 0 aliphatic rings. The number of anilines is 1. The molecule has 0 aliphatic heterocycles. The fourth-order valence-electron chi connectivity index (χ4n) is 1.82. The second-order valence-electron chi connectivity index (χ2n) is 4.34. The molecule has 2 rings (SSSR count). The number of aromatic nitrogens is 1. The van der Waals surface area contributed by atoms with Gasteiger partial charge >= 0.3 is 5.63 Å². The molecule has 5 nitrogen and oxygen atoms in total. The first-order valence-corrected chi connectivity index (χ1v) is 6.10. The Morgan fingerprint density at radius 2 is 1.95 bits per heavy atom. The lowest BCUT2D eigenvalue weighted by Gasteiger charge is -2.04. The van der Waals surface area contributed by atoms with Gasteiger partial charge in [0.1, 0.15) is 5.56 Å². The van der Waals surface area contributed by atoms with Crippen LogP contribution < -0.4 is 10.9 Å². The Balaban J connectivity index is 2.23. The highest BCUT2D eigenvalue weighted by Crippen LogP contribution is 2.12. The average molecular weight is 260 g/mol. The van der Waals surface area contributed by atoms with E-state index in [4.69, 9.17) is 4.52 Å². The van der Waals surface area contributed by atoms with E-state index in [-0.39, 0.29) is 5.56 Å². The van der Waals surface area contributed by atoms with Crippen LogP contribution >= 0.6 is 0 Å². The SMILES string of the molecule is CCc1ccc(NC(=O)c2c(C)n(C)oc2=O)cc1. The molecule has 1 amide bonds. The fraction of sp³-hybridized carbons (Fsp3) is 0.286. The van der Waals surface area contributed by atoms with Crippen LogP contribution in [0.15, 0.2) is 33.6 Å². The van der Waals surface area contributed by atoms with Crippen LogP contribution in [0, 0.1) is 6.92 Å². The van der Waals surface area contributed by atoms with Gasteiger partial charge < -0.3 is 9.84 Å². The molecule has 0 atom stereocenters. The molecule has 0 fully saturated rings. The van der Waals surface area contributed by atoms with Gasteiger partial charge in [0.2, 0.25) is 0 Å². The van der Waals surface area contributed by atoms with Crippen molar-refractivity contribution in [3.05, 3.63) is 51.5 Å². The molecular weight excluding hydrogens is 244 g/mol. The Bertz CT molecular complexity index is 650. The quantitative estimate of drug-likeness (QED) is 0.919. The topological polar surface area (TPSA) is 64.2 Å². The molecule has 0 saturated carbocycles. The summed E-state index contributed by atoms with van der Waals surface area (Å²) in [4.78, 5) is 23.6. The molecule has 0 bridgehead atoms. The maximum absolute atomic E-state index is 12.0. The van der Waals surface area contributed by atoms with E-state index in [1.807, 2.05) is 24.3 Å². The Hall–Kier alpha value is -2.30. The zero-order valence-corrected chi connectivity index (χ0v) is 11.2.